The first-order chi connectivity index (χ1) is 4.70. The molecule has 0 saturated heterocycles. The average Bonchev–Trinajstić information content (AvgIpc) is 1.99. The van der Waals surface area contributed by atoms with E-state index in [4.69, 9.17) is 5.11 Å². The molecular formula is C7H18N2O. The van der Waals surface area contributed by atoms with E-state index in [9.17, 15) is 0 Å². The number of aliphatic hydroxyl groups excluding tert-OH is 1. The Balaban J connectivity index is 3.17. The van der Waals surface area contributed by atoms with E-state index in [0.717, 1.165) is 6.54 Å². The van der Waals surface area contributed by atoms with E-state index >= 15 is 0 Å². The van der Waals surface area contributed by atoms with Gasteiger partial charge in [0.25, 0.3) is 0 Å². The molecule has 0 saturated carbocycles. The molecule has 0 aromatic carbocycles. The van der Waals surface area contributed by atoms with E-state index in [1.165, 1.54) is 0 Å². The number of nitrogens with one attached hydrogen (secondary N) is 2. The molecule has 0 heterocycles. The molecular weight excluding hydrogens is 128 g/mol. The Kier molecular flexibility index (Phi) is 5.58. The fourth-order valence-electron chi connectivity index (χ4n) is 0.545. The third-order valence-corrected chi connectivity index (χ3v) is 1.54. The highest BCUT2D eigenvalue weighted by atomic mass is 16.3. The van der Waals surface area contributed by atoms with Gasteiger partial charge in [0.1, 0.15) is 0 Å². The van der Waals surface area contributed by atoms with Gasteiger partial charge in [0.05, 0.1) is 6.61 Å². The molecule has 10 heavy (non-hydrogen) atoms. The van der Waals surface area contributed by atoms with Crippen molar-refractivity contribution in [3.05, 3.63) is 0 Å². The molecule has 0 fully saturated rings. The summed E-state index contributed by atoms with van der Waals surface area (Å²) in [6.45, 7) is 5.16. The highest BCUT2D eigenvalue weighted by Crippen LogP contribution is 1.80. The quantitative estimate of drug-likeness (QED) is 0.493. The largest absolute Gasteiger partial charge is 0.395 e. The lowest BCUT2D eigenvalue weighted by Gasteiger charge is -2.14. The first-order valence-corrected chi connectivity index (χ1v) is 3.72. The molecule has 0 amide bonds. The zero-order valence-electron chi connectivity index (χ0n) is 7.02. The molecule has 0 bridgehead atoms. The van der Waals surface area contributed by atoms with E-state index in [0.29, 0.717) is 6.04 Å². The molecule has 0 aromatic heterocycles. The van der Waals surface area contributed by atoms with E-state index in [1.807, 2.05) is 14.0 Å². The highest BCUT2D eigenvalue weighted by Gasteiger charge is 2.00. The Morgan fingerprint density at radius 1 is 1.30 bits per heavy atom. The SMILES string of the molecule is CNC(C)CNC(C)CO. The fraction of sp³-hybridized carbons (Fsp3) is 1.00. The minimum Gasteiger partial charge on any atom is -0.395 e. The second-order valence-electron chi connectivity index (χ2n) is 2.68. The van der Waals surface area contributed by atoms with Gasteiger partial charge in [-0.3, -0.25) is 0 Å². The van der Waals surface area contributed by atoms with Crippen molar-refractivity contribution in [3.63, 3.8) is 0 Å². The molecule has 2 unspecified atom stereocenters. The maximum atomic E-state index is 8.64. The summed E-state index contributed by atoms with van der Waals surface area (Å²) in [5.41, 5.74) is 0. The summed E-state index contributed by atoms with van der Waals surface area (Å²) in [4.78, 5) is 0. The van der Waals surface area contributed by atoms with Crippen molar-refractivity contribution in [1.82, 2.24) is 10.6 Å². The first-order valence-electron chi connectivity index (χ1n) is 3.72. The Morgan fingerprint density at radius 2 is 1.90 bits per heavy atom. The lowest BCUT2D eigenvalue weighted by Crippen LogP contribution is -2.39. The molecule has 0 radical (unpaired) electrons. The molecule has 3 heteroatoms. The standard InChI is InChI=1S/C7H18N2O/c1-6(8-3)4-9-7(2)5-10/h6-10H,4-5H2,1-3H3. The number of hydrogen-bond acceptors (Lipinski definition) is 3. The van der Waals surface area contributed by atoms with Crippen LogP contribution in [0.1, 0.15) is 13.8 Å². The molecule has 0 aliphatic rings. The molecule has 0 aliphatic heterocycles. The van der Waals surface area contributed by atoms with Crippen molar-refractivity contribution in [2.45, 2.75) is 25.9 Å². The molecule has 62 valence electrons. The number of rotatable bonds is 5. The van der Waals surface area contributed by atoms with Crippen LogP contribution in [0.4, 0.5) is 0 Å². The minimum atomic E-state index is 0.204. The second kappa shape index (κ2) is 5.65. The summed E-state index contributed by atoms with van der Waals surface area (Å²) in [6, 6.07) is 0.671. The molecule has 0 rings (SSSR count). The van der Waals surface area contributed by atoms with Crippen LogP contribution in [0.3, 0.4) is 0 Å². The van der Waals surface area contributed by atoms with Gasteiger partial charge in [-0.15, -0.1) is 0 Å². The maximum absolute atomic E-state index is 8.64. The summed E-state index contributed by atoms with van der Waals surface area (Å²) in [5, 5.41) is 14.9. The molecule has 0 aliphatic carbocycles. The van der Waals surface area contributed by atoms with Crippen LogP contribution in [0.15, 0.2) is 0 Å². The summed E-state index contributed by atoms with van der Waals surface area (Å²) < 4.78 is 0. The maximum Gasteiger partial charge on any atom is 0.0581 e. The highest BCUT2D eigenvalue weighted by molar-refractivity contribution is 4.64. The van der Waals surface area contributed by atoms with Crippen LogP contribution in [0, 0.1) is 0 Å². The van der Waals surface area contributed by atoms with Crippen LogP contribution in [0.5, 0.6) is 0 Å². The van der Waals surface area contributed by atoms with E-state index in [-0.39, 0.29) is 12.6 Å². The first kappa shape index (κ1) is 9.88. The van der Waals surface area contributed by atoms with E-state index in [1.54, 1.807) is 0 Å². The van der Waals surface area contributed by atoms with Crippen LogP contribution in [0.25, 0.3) is 0 Å². The zero-order chi connectivity index (χ0) is 7.98. The summed E-state index contributed by atoms with van der Waals surface area (Å²) in [5.74, 6) is 0. The zero-order valence-corrected chi connectivity index (χ0v) is 7.02. The van der Waals surface area contributed by atoms with Crippen molar-refractivity contribution in [2.75, 3.05) is 20.2 Å². The van der Waals surface area contributed by atoms with Gasteiger partial charge in [0.15, 0.2) is 0 Å². The van der Waals surface area contributed by atoms with E-state index < -0.39 is 0 Å². The third-order valence-electron chi connectivity index (χ3n) is 1.54. The Labute approximate surface area is 62.8 Å². The monoisotopic (exact) mass is 146 g/mol. The Morgan fingerprint density at radius 3 is 2.30 bits per heavy atom. The number of hydrogen-bond donors (Lipinski definition) is 3. The molecule has 0 aromatic rings. The van der Waals surface area contributed by atoms with Crippen molar-refractivity contribution in [1.29, 1.82) is 0 Å². The predicted molar refractivity (Wildman–Crippen MR) is 43.1 cm³/mol. The van der Waals surface area contributed by atoms with Crippen molar-refractivity contribution < 1.29 is 5.11 Å². The van der Waals surface area contributed by atoms with Gasteiger partial charge in [-0.25, -0.2) is 0 Å². The van der Waals surface area contributed by atoms with Crippen LogP contribution >= 0.6 is 0 Å². The predicted octanol–water partition coefficient (Wildman–Crippen LogP) is -0.435. The van der Waals surface area contributed by atoms with Gasteiger partial charge in [-0.1, -0.05) is 0 Å². The van der Waals surface area contributed by atoms with Gasteiger partial charge in [-0.05, 0) is 20.9 Å². The molecule has 2 atom stereocenters. The molecule has 0 spiro atoms. The van der Waals surface area contributed by atoms with E-state index in [2.05, 4.69) is 17.6 Å². The minimum absolute atomic E-state index is 0.204. The van der Waals surface area contributed by atoms with Crippen LogP contribution in [-0.4, -0.2) is 37.4 Å². The van der Waals surface area contributed by atoms with Gasteiger partial charge in [-0.2, -0.15) is 0 Å². The molecule has 3 nitrogen and oxygen atoms in total. The summed E-state index contributed by atoms with van der Waals surface area (Å²) >= 11 is 0. The normalized spacial score (nSPS) is 16.8. The Hall–Kier alpha value is -0.120. The Bertz CT molecular complexity index is 68.0. The van der Waals surface area contributed by atoms with Gasteiger partial charge in [0, 0.05) is 18.6 Å². The third kappa shape index (κ3) is 4.73. The van der Waals surface area contributed by atoms with Gasteiger partial charge in [0.2, 0.25) is 0 Å². The second-order valence-corrected chi connectivity index (χ2v) is 2.68. The van der Waals surface area contributed by atoms with Crippen LogP contribution in [-0.2, 0) is 0 Å². The lowest BCUT2D eigenvalue weighted by atomic mass is 10.3. The van der Waals surface area contributed by atoms with Crippen molar-refractivity contribution >= 4 is 0 Å². The number of aliphatic hydroxyl groups is 1. The van der Waals surface area contributed by atoms with Gasteiger partial charge >= 0.3 is 0 Å². The fourth-order valence-corrected chi connectivity index (χ4v) is 0.545. The van der Waals surface area contributed by atoms with Crippen LogP contribution < -0.4 is 10.6 Å². The average molecular weight is 146 g/mol. The van der Waals surface area contributed by atoms with Gasteiger partial charge < -0.3 is 15.7 Å². The van der Waals surface area contributed by atoms with Crippen LogP contribution in [0.2, 0.25) is 0 Å². The van der Waals surface area contributed by atoms with Crippen molar-refractivity contribution in [2.24, 2.45) is 0 Å². The summed E-state index contributed by atoms with van der Waals surface area (Å²) in [7, 11) is 1.93. The molecule has 3 N–H and O–H groups in total. The van der Waals surface area contributed by atoms with Crippen molar-refractivity contribution in [3.8, 4) is 0 Å². The topological polar surface area (TPSA) is 44.3 Å². The number of likely N-dealkylation sites (N-methyl/N-ethyl adjacent to an activating group) is 1. The lowest BCUT2D eigenvalue weighted by molar-refractivity contribution is 0.249. The summed E-state index contributed by atoms with van der Waals surface area (Å²) in [6.07, 6.45) is 0. The smallest absolute Gasteiger partial charge is 0.0581 e.